The molecule has 2 nitrogen and oxygen atoms in total. The first-order valence-corrected chi connectivity index (χ1v) is 5.86. The summed E-state index contributed by atoms with van der Waals surface area (Å²) in [6.07, 6.45) is 6.53. The fourth-order valence-corrected chi connectivity index (χ4v) is 2.04. The fraction of sp³-hybridized carbons (Fsp3) is 0.444. The van der Waals surface area contributed by atoms with Gasteiger partial charge in [-0.3, -0.25) is 0 Å². The largest absolute Gasteiger partial charge is 0.462 e. The van der Waals surface area contributed by atoms with E-state index in [1.807, 2.05) is 12.2 Å². The predicted molar refractivity (Wildman–Crippen MR) is 64.2 cm³/mol. The Morgan fingerprint density at radius 3 is 3.08 bits per heavy atom. The van der Waals surface area contributed by atoms with Crippen LogP contribution in [-0.4, -0.2) is 14.9 Å². The second-order valence-electron chi connectivity index (χ2n) is 2.69. The third-order valence-electron chi connectivity index (χ3n) is 1.57. The Morgan fingerprint density at radius 1 is 1.85 bits per heavy atom. The van der Waals surface area contributed by atoms with Crippen LogP contribution in [-0.2, 0) is 9.53 Å². The van der Waals surface area contributed by atoms with E-state index < -0.39 is 0 Å². The maximum absolute atomic E-state index is 11.3. The van der Waals surface area contributed by atoms with Crippen molar-refractivity contribution in [3.63, 3.8) is 0 Å². The minimum Gasteiger partial charge on any atom is -0.462 e. The summed E-state index contributed by atoms with van der Waals surface area (Å²) in [4.78, 5) is 11.3. The molecule has 1 atom stereocenters. The molecule has 1 aliphatic rings. The van der Waals surface area contributed by atoms with E-state index in [1.165, 1.54) is 0 Å². The molecule has 0 heterocycles. The minimum atomic E-state index is -0.251. The topological polar surface area (TPSA) is 26.3 Å². The Morgan fingerprint density at radius 2 is 2.54 bits per heavy atom. The Labute approximate surface area is 99.7 Å². The molecule has 1 unspecified atom stereocenters. The molecule has 0 bridgehead atoms. The number of ether oxygens (including phenoxy) is 1. The van der Waals surface area contributed by atoms with Gasteiger partial charge in [0.25, 0.3) is 0 Å². The van der Waals surface area contributed by atoms with Crippen molar-refractivity contribution < 1.29 is 9.53 Å². The first-order chi connectivity index (χ1) is 6.05. The van der Waals surface area contributed by atoms with Crippen LogP contribution in [0, 0.1) is 0 Å². The molecule has 0 saturated heterocycles. The van der Waals surface area contributed by atoms with Crippen molar-refractivity contribution in [2.45, 2.75) is 15.7 Å². The Bertz CT molecular complexity index is 269. The summed E-state index contributed by atoms with van der Waals surface area (Å²) < 4.78 is 4.75. The van der Waals surface area contributed by atoms with Gasteiger partial charge in [0, 0.05) is 0 Å². The molecule has 4 heteroatoms. The van der Waals surface area contributed by atoms with Gasteiger partial charge in [0.1, 0.15) is 0 Å². The molecule has 0 aromatic rings. The zero-order chi connectivity index (χ0) is 9.90. The molecule has 0 radical (unpaired) electrons. The number of hydrogen-bond acceptors (Lipinski definition) is 2. The van der Waals surface area contributed by atoms with Crippen molar-refractivity contribution in [3.05, 3.63) is 23.8 Å². The molecule has 0 amide bonds. The van der Waals surface area contributed by atoms with Crippen LogP contribution in [0.5, 0.6) is 0 Å². The number of hydrogen-bond donors (Lipinski definition) is 0. The quantitative estimate of drug-likeness (QED) is 0.432. The van der Waals surface area contributed by atoms with Crippen LogP contribution in [0.15, 0.2) is 23.8 Å². The Kier molecular flexibility index (Phi) is 3.97. The van der Waals surface area contributed by atoms with E-state index in [1.54, 1.807) is 13.0 Å². The van der Waals surface area contributed by atoms with E-state index in [0.29, 0.717) is 12.2 Å². The van der Waals surface area contributed by atoms with Crippen molar-refractivity contribution in [1.82, 2.24) is 0 Å². The highest BCUT2D eigenvalue weighted by molar-refractivity contribution is 14.1. The number of carbonyl (C=O) groups excluding carboxylic acids is 1. The maximum Gasteiger partial charge on any atom is 0.337 e. The summed E-state index contributed by atoms with van der Waals surface area (Å²) in [5, 5.41) is 0. The molecule has 0 saturated carbocycles. The molecular formula is C9H10BrIO2. The van der Waals surface area contributed by atoms with Crippen molar-refractivity contribution >= 4 is 44.5 Å². The normalized spacial score (nSPS) is 26.8. The van der Waals surface area contributed by atoms with Crippen LogP contribution in [0.25, 0.3) is 0 Å². The highest BCUT2D eigenvalue weighted by Crippen LogP contribution is 2.36. The summed E-state index contributed by atoms with van der Waals surface area (Å²) in [6, 6.07) is 0. The molecule has 0 aromatic carbocycles. The molecular weight excluding hydrogens is 347 g/mol. The number of halogens is 2. The van der Waals surface area contributed by atoms with Gasteiger partial charge in [-0.05, 0) is 19.4 Å². The van der Waals surface area contributed by atoms with E-state index >= 15 is 0 Å². The summed E-state index contributed by atoms with van der Waals surface area (Å²) in [5.41, 5.74) is 0.624. The predicted octanol–water partition coefficient (Wildman–Crippen LogP) is 2.96. The molecule has 0 spiro atoms. The average molecular weight is 357 g/mol. The van der Waals surface area contributed by atoms with Gasteiger partial charge in [0.15, 0.2) is 0 Å². The van der Waals surface area contributed by atoms with E-state index in [4.69, 9.17) is 4.74 Å². The van der Waals surface area contributed by atoms with Crippen LogP contribution in [0.3, 0.4) is 0 Å². The van der Waals surface area contributed by atoms with Crippen LogP contribution in [0.1, 0.15) is 13.3 Å². The van der Waals surface area contributed by atoms with Crippen LogP contribution < -0.4 is 0 Å². The van der Waals surface area contributed by atoms with Crippen molar-refractivity contribution in [3.8, 4) is 0 Å². The van der Waals surface area contributed by atoms with E-state index in [2.05, 4.69) is 38.5 Å². The first-order valence-electron chi connectivity index (χ1n) is 3.99. The maximum atomic E-state index is 11.3. The lowest BCUT2D eigenvalue weighted by Crippen LogP contribution is -2.15. The highest BCUT2D eigenvalue weighted by Gasteiger charge is 2.24. The van der Waals surface area contributed by atoms with E-state index in [9.17, 15) is 4.79 Å². The SMILES string of the molecule is CCOC(=O)C1=CC(Br)(I)CC=C1. The smallest absolute Gasteiger partial charge is 0.337 e. The molecule has 1 aliphatic carbocycles. The van der Waals surface area contributed by atoms with Crippen LogP contribution in [0.2, 0.25) is 0 Å². The van der Waals surface area contributed by atoms with Gasteiger partial charge in [-0.25, -0.2) is 4.79 Å². The lowest BCUT2D eigenvalue weighted by Gasteiger charge is -2.18. The minimum absolute atomic E-state index is 0.137. The number of esters is 1. The zero-order valence-corrected chi connectivity index (χ0v) is 11.0. The molecule has 0 aliphatic heterocycles. The van der Waals surface area contributed by atoms with Gasteiger partial charge in [-0.2, -0.15) is 0 Å². The average Bonchev–Trinajstić information content (AvgIpc) is 2.03. The zero-order valence-electron chi connectivity index (χ0n) is 7.22. The van der Waals surface area contributed by atoms with Gasteiger partial charge in [0.05, 0.1) is 14.5 Å². The number of alkyl halides is 2. The standard InChI is InChI=1S/C9H10BrIO2/c1-2-13-8(12)7-4-3-5-9(10,11)6-7/h3-4,6H,2,5H2,1H3. The van der Waals surface area contributed by atoms with Gasteiger partial charge >= 0.3 is 5.97 Å². The molecule has 1 rings (SSSR count). The lowest BCUT2D eigenvalue weighted by molar-refractivity contribution is -0.138. The Hall–Kier alpha value is 0.160. The van der Waals surface area contributed by atoms with Crippen LogP contribution in [0.4, 0.5) is 0 Å². The number of carbonyl (C=O) groups is 1. The summed E-state index contributed by atoms with van der Waals surface area (Å²) in [6.45, 7) is 2.22. The second-order valence-corrected chi connectivity index (χ2v) is 7.51. The molecule has 0 fully saturated rings. The third kappa shape index (κ3) is 3.42. The first kappa shape index (κ1) is 11.2. The Balaban J connectivity index is 2.75. The molecule has 13 heavy (non-hydrogen) atoms. The van der Waals surface area contributed by atoms with Crippen molar-refractivity contribution in [2.75, 3.05) is 6.61 Å². The summed E-state index contributed by atoms with van der Waals surface area (Å²) in [7, 11) is 0. The highest BCUT2D eigenvalue weighted by atomic mass is 127. The molecule has 0 N–H and O–H groups in total. The van der Waals surface area contributed by atoms with Gasteiger partial charge in [-0.15, -0.1) is 0 Å². The number of allylic oxidation sites excluding steroid dienone is 2. The van der Waals surface area contributed by atoms with Gasteiger partial charge in [-0.1, -0.05) is 50.7 Å². The fourth-order valence-electron chi connectivity index (χ4n) is 1.02. The molecule has 0 aromatic heterocycles. The van der Waals surface area contributed by atoms with Crippen molar-refractivity contribution in [1.29, 1.82) is 0 Å². The summed E-state index contributed by atoms with van der Waals surface area (Å²) in [5.74, 6) is -0.251. The van der Waals surface area contributed by atoms with Crippen LogP contribution >= 0.6 is 38.5 Å². The van der Waals surface area contributed by atoms with Gasteiger partial charge in [0.2, 0.25) is 0 Å². The third-order valence-corrected chi connectivity index (χ3v) is 2.87. The van der Waals surface area contributed by atoms with E-state index in [0.717, 1.165) is 6.42 Å². The van der Waals surface area contributed by atoms with Gasteiger partial charge < -0.3 is 4.74 Å². The summed E-state index contributed by atoms with van der Waals surface area (Å²) >= 11 is 5.75. The molecule has 72 valence electrons. The lowest BCUT2D eigenvalue weighted by atomic mass is 10.1. The van der Waals surface area contributed by atoms with E-state index in [-0.39, 0.29) is 8.30 Å². The monoisotopic (exact) mass is 356 g/mol. The van der Waals surface area contributed by atoms with Crippen molar-refractivity contribution in [2.24, 2.45) is 0 Å². The second kappa shape index (κ2) is 4.59. The number of rotatable bonds is 2.